The van der Waals surface area contributed by atoms with Gasteiger partial charge in [-0.2, -0.15) is 0 Å². The fourth-order valence-electron chi connectivity index (χ4n) is 3.85. The number of aromatic hydroxyl groups is 1. The van der Waals surface area contributed by atoms with Crippen molar-refractivity contribution in [1.82, 2.24) is 10.2 Å². The van der Waals surface area contributed by atoms with E-state index in [9.17, 15) is 19.5 Å². The third kappa shape index (κ3) is 7.87. The molecular formula is C29H41N3O6. The third-order valence-electron chi connectivity index (χ3n) is 6.26. The molecular weight excluding hydrogens is 486 g/mol. The molecule has 3 amide bonds. The van der Waals surface area contributed by atoms with E-state index in [0.717, 1.165) is 0 Å². The van der Waals surface area contributed by atoms with Crippen LogP contribution in [-0.2, 0) is 14.3 Å². The molecule has 38 heavy (non-hydrogen) atoms. The molecule has 2 atom stereocenters. The van der Waals surface area contributed by atoms with Gasteiger partial charge in [0.1, 0.15) is 29.2 Å². The van der Waals surface area contributed by atoms with E-state index in [2.05, 4.69) is 10.6 Å². The van der Waals surface area contributed by atoms with E-state index in [1.807, 2.05) is 20.8 Å². The average Bonchev–Trinajstić information content (AvgIpc) is 2.82. The Balaban J connectivity index is 2.55. The van der Waals surface area contributed by atoms with Crippen molar-refractivity contribution in [2.24, 2.45) is 0 Å². The first-order valence-electron chi connectivity index (χ1n) is 12.7. The van der Waals surface area contributed by atoms with Crippen molar-refractivity contribution in [1.29, 1.82) is 0 Å². The minimum absolute atomic E-state index is 0.0793. The Morgan fingerprint density at radius 3 is 2.13 bits per heavy atom. The van der Waals surface area contributed by atoms with Crippen LogP contribution in [0.1, 0.15) is 72.1 Å². The SMILES string of the molecule is CCC(C)(C)N(C(=O)C(C)NC(=O)OC(C)(C)C)C(C(=O)Nc1ccc(OC)cc1)c1ccc(O)c(C)c1. The van der Waals surface area contributed by atoms with E-state index < -0.39 is 41.1 Å². The number of amides is 3. The van der Waals surface area contributed by atoms with E-state index in [-0.39, 0.29) is 5.75 Å². The maximum absolute atomic E-state index is 14.0. The normalized spacial score (nSPS) is 13.2. The number of phenolic OH excluding ortho intramolecular Hbond substituents is 1. The zero-order chi connectivity index (χ0) is 28.8. The molecule has 0 saturated heterocycles. The highest BCUT2D eigenvalue weighted by molar-refractivity contribution is 5.99. The number of methoxy groups -OCH3 is 1. The lowest BCUT2D eigenvalue weighted by Crippen LogP contribution is -2.58. The molecule has 0 bridgehead atoms. The number of carbonyl (C=O) groups is 3. The van der Waals surface area contributed by atoms with Crippen LogP contribution in [0.25, 0.3) is 0 Å². The van der Waals surface area contributed by atoms with E-state index in [1.54, 1.807) is 78.1 Å². The summed E-state index contributed by atoms with van der Waals surface area (Å²) >= 11 is 0. The molecule has 2 aromatic carbocycles. The third-order valence-corrected chi connectivity index (χ3v) is 6.26. The molecule has 0 radical (unpaired) electrons. The molecule has 0 aliphatic carbocycles. The molecule has 0 heterocycles. The first kappa shape index (κ1) is 30.5. The van der Waals surface area contributed by atoms with Crippen LogP contribution in [-0.4, -0.2) is 52.2 Å². The fourth-order valence-corrected chi connectivity index (χ4v) is 3.85. The van der Waals surface area contributed by atoms with Gasteiger partial charge in [-0.3, -0.25) is 9.59 Å². The van der Waals surface area contributed by atoms with Crippen molar-refractivity contribution in [3.63, 3.8) is 0 Å². The minimum Gasteiger partial charge on any atom is -0.508 e. The number of nitrogens with one attached hydrogen (secondary N) is 2. The topological polar surface area (TPSA) is 117 Å². The summed E-state index contributed by atoms with van der Waals surface area (Å²) in [6.45, 7) is 14.1. The van der Waals surface area contributed by atoms with Gasteiger partial charge in [0.2, 0.25) is 5.91 Å². The van der Waals surface area contributed by atoms with Crippen LogP contribution in [0.3, 0.4) is 0 Å². The number of benzene rings is 2. The highest BCUT2D eigenvalue weighted by atomic mass is 16.6. The summed E-state index contributed by atoms with van der Waals surface area (Å²) in [5, 5.41) is 15.6. The van der Waals surface area contributed by atoms with Crippen molar-refractivity contribution in [2.45, 2.75) is 85.0 Å². The van der Waals surface area contributed by atoms with Crippen LogP contribution < -0.4 is 15.4 Å². The molecule has 0 aliphatic heterocycles. The second kappa shape index (κ2) is 12.2. The van der Waals surface area contributed by atoms with Gasteiger partial charge in [-0.15, -0.1) is 0 Å². The Kier molecular flexibility index (Phi) is 9.78. The fraction of sp³-hybridized carbons (Fsp3) is 0.483. The average molecular weight is 528 g/mol. The lowest BCUT2D eigenvalue weighted by Gasteiger charge is -2.44. The summed E-state index contributed by atoms with van der Waals surface area (Å²) in [5.41, 5.74) is 0.0868. The zero-order valence-electron chi connectivity index (χ0n) is 23.8. The molecule has 2 unspecified atom stereocenters. The van der Waals surface area contributed by atoms with Crippen molar-refractivity contribution < 1.29 is 29.0 Å². The molecule has 0 saturated carbocycles. The van der Waals surface area contributed by atoms with Gasteiger partial charge in [-0.05, 0) is 102 Å². The lowest BCUT2D eigenvalue weighted by molar-refractivity contribution is -0.147. The van der Waals surface area contributed by atoms with E-state index in [0.29, 0.717) is 29.0 Å². The number of nitrogens with zero attached hydrogens (tertiary/aromatic N) is 1. The number of phenols is 1. The van der Waals surface area contributed by atoms with Gasteiger partial charge >= 0.3 is 6.09 Å². The van der Waals surface area contributed by atoms with Gasteiger partial charge in [0.25, 0.3) is 5.91 Å². The number of rotatable bonds is 9. The number of aryl methyl sites for hydroxylation is 1. The lowest BCUT2D eigenvalue weighted by atomic mass is 9.91. The van der Waals surface area contributed by atoms with Gasteiger partial charge in [-0.1, -0.05) is 13.0 Å². The summed E-state index contributed by atoms with van der Waals surface area (Å²) in [6.07, 6.45) is -0.200. The number of alkyl carbamates (subject to hydrolysis) is 1. The van der Waals surface area contributed by atoms with Crippen LogP contribution in [0.4, 0.5) is 10.5 Å². The smallest absolute Gasteiger partial charge is 0.408 e. The number of ether oxygens (including phenoxy) is 2. The van der Waals surface area contributed by atoms with E-state index in [1.165, 1.54) is 11.0 Å². The Morgan fingerprint density at radius 1 is 1.03 bits per heavy atom. The molecule has 0 aliphatic rings. The maximum atomic E-state index is 14.0. The number of carbonyl (C=O) groups excluding carboxylic acids is 3. The van der Waals surface area contributed by atoms with Crippen molar-refractivity contribution in [3.8, 4) is 11.5 Å². The highest BCUT2D eigenvalue weighted by Gasteiger charge is 2.42. The highest BCUT2D eigenvalue weighted by Crippen LogP contribution is 2.34. The summed E-state index contributed by atoms with van der Waals surface area (Å²) < 4.78 is 10.5. The molecule has 0 fully saturated rings. The van der Waals surface area contributed by atoms with Crippen LogP contribution in [0, 0.1) is 6.92 Å². The molecule has 9 heteroatoms. The Bertz CT molecular complexity index is 1140. The Morgan fingerprint density at radius 2 is 1.63 bits per heavy atom. The first-order chi connectivity index (χ1) is 17.6. The molecule has 3 N–H and O–H groups in total. The van der Waals surface area contributed by atoms with Crippen molar-refractivity contribution in [3.05, 3.63) is 53.6 Å². The molecule has 9 nitrogen and oxygen atoms in total. The summed E-state index contributed by atoms with van der Waals surface area (Å²) in [6, 6.07) is 9.63. The van der Waals surface area contributed by atoms with Crippen molar-refractivity contribution in [2.75, 3.05) is 12.4 Å². The Labute approximate surface area is 225 Å². The largest absolute Gasteiger partial charge is 0.508 e. The summed E-state index contributed by atoms with van der Waals surface area (Å²) in [5.74, 6) is -0.182. The van der Waals surface area contributed by atoms with Crippen molar-refractivity contribution >= 4 is 23.6 Å². The van der Waals surface area contributed by atoms with Crippen LogP contribution in [0.15, 0.2) is 42.5 Å². The Hall–Kier alpha value is -3.75. The van der Waals surface area contributed by atoms with Gasteiger partial charge in [-0.25, -0.2) is 4.79 Å². The first-order valence-corrected chi connectivity index (χ1v) is 12.7. The molecule has 208 valence electrons. The van der Waals surface area contributed by atoms with Gasteiger partial charge in [0.15, 0.2) is 0 Å². The van der Waals surface area contributed by atoms with Gasteiger partial charge in [0, 0.05) is 11.2 Å². The second-order valence-electron chi connectivity index (χ2n) is 10.9. The van der Waals surface area contributed by atoms with Crippen LogP contribution in [0.2, 0.25) is 0 Å². The van der Waals surface area contributed by atoms with Crippen LogP contribution in [0.5, 0.6) is 11.5 Å². The monoisotopic (exact) mass is 527 g/mol. The number of hydrogen-bond acceptors (Lipinski definition) is 6. The van der Waals surface area contributed by atoms with Gasteiger partial charge < -0.3 is 30.1 Å². The predicted molar refractivity (Wildman–Crippen MR) is 147 cm³/mol. The quantitative estimate of drug-likeness (QED) is 0.406. The predicted octanol–water partition coefficient (Wildman–Crippen LogP) is 5.32. The number of anilines is 1. The summed E-state index contributed by atoms with van der Waals surface area (Å²) in [4.78, 5) is 41.8. The van der Waals surface area contributed by atoms with Crippen LogP contribution >= 0.6 is 0 Å². The number of hydrogen-bond donors (Lipinski definition) is 3. The van der Waals surface area contributed by atoms with Gasteiger partial charge in [0.05, 0.1) is 7.11 Å². The molecule has 2 aromatic rings. The van der Waals surface area contributed by atoms with E-state index >= 15 is 0 Å². The van der Waals surface area contributed by atoms with E-state index in [4.69, 9.17) is 9.47 Å². The molecule has 0 aromatic heterocycles. The molecule has 2 rings (SSSR count). The maximum Gasteiger partial charge on any atom is 0.408 e. The summed E-state index contributed by atoms with van der Waals surface area (Å²) in [7, 11) is 1.56. The second-order valence-corrected chi connectivity index (χ2v) is 10.9. The zero-order valence-corrected chi connectivity index (χ0v) is 23.8. The molecule has 0 spiro atoms. The minimum atomic E-state index is -1.07. The standard InChI is InChI=1S/C29H41N3O6/c1-10-29(7,8)32(26(35)19(3)30-27(36)38-28(4,5)6)24(20-11-16-23(33)18(2)17-20)25(34)31-21-12-14-22(37-9)15-13-21/h11-17,19,24,33H,10H2,1-9H3,(H,30,36)(H,31,34).